The molecule has 4 nitrogen and oxygen atoms in total. The third-order valence-electron chi connectivity index (χ3n) is 2.25. The molecule has 2 rings (SSSR count). The molecule has 16 heavy (non-hydrogen) atoms. The number of hydrogen-bond acceptors (Lipinski definition) is 3. The predicted molar refractivity (Wildman–Crippen MR) is 51.4 cm³/mol. The van der Waals surface area contributed by atoms with Crippen LogP contribution >= 0.6 is 0 Å². The Morgan fingerprint density at radius 3 is 2.88 bits per heavy atom. The second-order valence-corrected chi connectivity index (χ2v) is 3.19. The van der Waals surface area contributed by atoms with E-state index in [9.17, 15) is 8.78 Å². The van der Waals surface area contributed by atoms with Crippen LogP contribution in [-0.4, -0.2) is 21.5 Å². The topological polar surface area (TPSA) is 61.8 Å². The summed E-state index contributed by atoms with van der Waals surface area (Å²) in [6.45, 7) is -0.191. The highest BCUT2D eigenvalue weighted by Gasteiger charge is 2.16. The van der Waals surface area contributed by atoms with Crippen molar-refractivity contribution in [1.29, 1.82) is 5.26 Å². The van der Waals surface area contributed by atoms with Gasteiger partial charge >= 0.3 is 0 Å². The van der Waals surface area contributed by atoms with Crippen molar-refractivity contribution in [2.45, 2.75) is 6.54 Å². The fraction of sp³-hybridized carbons (Fsp3) is 0.200. The van der Waals surface area contributed by atoms with Crippen LogP contribution in [0.1, 0.15) is 5.56 Å². The Labute approximate surface area is 89.3 Å². The van der Waals surface area contributed by atoms with Crippen molar-refractivity contribution in [3.8, 4) is 6.07 Å². The maximum atomic E-state index is 13.5. The number of nitriles is 1. The maximum Gasteiger partial charge on any atom is 0.184 e. The third kappa shape index (κ3) is 1.42. The van der Waals surface area contributed by atoms with Crippen molar-refractivity contribution in [2.24, 2.45) is 0 Å². The maximum absolute atomic E-state index is 13.5. The number of nitrogens with zero attached hydrogens (tertiary/aromatic N) is 3. The number of aliphatic hydroxyl groups excluding tert-OH is 1. The molecule has 0 bridgehead atoms. The Morgan fingerprint density at radius 2 is 2.25 bits per heavy atom. The van der Waals surface area contributed by atoms with Crippen LogP contribution in [0.15, 0.2) is 12.3 Å². The van der Waals surface area contributed by atoms with Gasteiger partial charge in [-0.15, -0.1) is 0 Å². The van der Waals surface area contributed by atoms with E-state index >= 15 is 0 Å². The number of benzene rings is 1. The summed E-state index contributed by atoms with van der Waals surface area (Å²) in [5, 5.41) is 21.5. The number of aromatic nitrogens is 2. The number of halogens is 2. The van der Waals surface area contributed by atoms with Gasteiger partial charge in [-0.25, -0.2) is 8.78 Å². The summed E-state index contributed by atoms with van der Waals surface area (Å²) >= 11 is 0. The predicted octanol–water partition coefficient (Wildman–Crippen LogP) is 1.18. The molecule has 0 amide bonds. The zero-order valence-corrected chi connectivity index (χ0v) is 8.11. The van der Waals surface area contributed by atoms with E-state index in [2.05, 4.69) is 5.10 Å². The average Bonchev–Trinajstić information content (AvgIpc) is 2.68. The van der Waals surface area contributed by atoms with Crippen LogP contribution in [0.25, 0.3) is 10.9 Å². The molecule has 2 aromatic rings. The summed E-state index contributed by atoms with van der Waals surface area (Å²) < 4.78 is 27.8. The molecule has 0 aliphatic carbocycles. The van der Waals surface area contributed by atoms with E-state index < -0.39 is 11.6 Å². The van der Waals surface area contributed by atoms with Gasteiger partial charge in [-0.2, -0.15) is 10.4 Å². The Hall–Kier alpha value is -2.00. The lowest BCUT2D eigenvalue weighted by atomic mass is 10.1. The highest BCUT2D eigenvalue weighted by Crippen LogP contribution is 2.23. The summed E-state index contributed by atoms with van der Waals surface area (Å²) in [5.41, 5.74) is -0.0660. The van der Waals surface area contributed by atoms with E-state index in [1.807, 2.05) is 0 Å². The number of rotatable bonds is 2. The van der Waals surface area contributed by atoms with Gasteiger partial charge in [0.2, 0.25) is 0 Å². The van der Waals surface area contributed by atoms with E-state index in [0.29, 0.717) is 0 Å². The van der Waals surface area contributed by atoms with Gasteiger partial charge in [0.15, 0.2) is 11.6 Å². The van der Waals surface area contributed by atoms with Crippen LogP contribution in [-0.2, 0) is 6.54 Å². The zero-order chi connectivity index (χ0) is 11.7. The van der Waals surface area contributed by atoms with Gasteiger partial charge in [-0.3, -0.25) is 4.68 Å². The lowest BCUT2D eigenvalue weighted by Crippen LogP contribution is -2.05. The number of aliphatic hydroxyl groups is 1. The first-order chi connectivity index (χ1) is 7.69. The lowest BCUT2D eigenvalue weighted by molar-refractivity contribution is 0.271. The molecule has 1 aromatic carbocycles. The average molecular weight is 223 g/mol. The Kier molecular flexibility index (Phi) is 2.54. The van der Waals surface area contributed by atoms with E-state index in [-0.39, 0.29) is 29.6 Å². The fourth-order valence-electron chi connectivity index (χ4n) is 1.55. The van der Waals surface area contributed by atoms with Gasteiger partial charge < -0.3 is 5.11 Å². The van der Waals surface area contributed by atoms with Crippen LogP contribution in [0.5, 0.6) is 0 Å². The summed E-state index contributed by atoms with van der Waals surface area (Å²) in [6, 6.07) is 2.61. The van der Waals surface area contributed by atoms with Gasteiger partial charge in [0.05, 0.1) is 31.0 Å². The Bertz CT molecular complexity index is 586. The van der Waals surface area contributed by atoms with Crippen LogP contribution < -0.4 is 0 Å². The molecule has 1 aromatic heterocycles. The first-order valence-corrected chi connectivity index (χ1v) is 4.53. The third-order valence-corrected chi connectivity index (χ3v) is 2.25. The highest BCUT2D eigenvalue weighted by atomic mass is 19.2. The fourth-order valence-corrected chi connectivity index (χ4v) is 1.55. The summed E-state index contributed by atoms with van der Waals surface area (Å²) in [4.78, 5) is 0. The number of fused-ring (bicyclic) bond motifs is 1. The minimum Gasteiger partial charge on any atom is -0.394 e. The smallest absolute Gasteiger partial charge is 0.184 e. The van der Waals surface area contributed by atoms with Gasteiger partial charge in [-0.1, -0.05) is 0 Å². The first kappa shape index (κ1) is 10.5. The standard InChI is InChI=1S/C10H7F2N3O/c11-8-3-6(4-13)7-5-14-15(1-2-16)10(7)9(8)12/h3,5,16H,1-2H2. The van der Waals surface area contributed by atoms with E-state index in [1.165, 1.54) is 6.20 Å². The van der Waals surface area contributed by atoms with E-state index in [1.54, 1.807) is 6.07 Å². The summed E-state index contributed by atoms with van der Waals surface area (Å²) in [5.74, 6) is -2.15. The summed E-state index contributed by atoms with van der Waals surface area (Å²) in [6.07, 6.45) is 1.28. The molecule has 0 atom stereocenters. The molecule has 0 aliphatic heterocycles. The first-order valence-electron chi connectivity index (χ1n) is 4.53. The van der Waals surface area contributed by atoms with Crippen molar-refractivity contribution in [2.75, 3.05) is 6.61 Å². The molecular formula is C10H7F2N3O. The van der Waals surface area contributed by atoms with E-state index in [0.717, 1.165) is 10.7 Å². The van der Waals surface area contributed by atoms with Crippen molar-refractivity contribution in [3.63, 3.8) is 0 Å². The summed E-state index contributed by atoms with van der Waals surface area (Å²) in [7, 11) is 0. The normalized spacial score (nSPS) is 10.6. The monoisotopic (exact) mass is 223 g/mol. The van der Waals surface area contributed by atoms with Gasteiger partial charge in [0, 0.05) is 5.39 Å². The minimum atomic E-state index is -1.09. The van der Waals surface area contributed by atoms with Crippen LogP contribution in [0.4, 0.5) is 8.78 Å². The van der Waals surface area contributed by atoms with Crippen LogP contribution in [0, 0.1) is 23.0 Å². The molecule has 0 spiro atoms. The van der Waals surface area contributed by atoms with Gasteiger partial charge in [0.25, 0.3) is 0 Å². The molecule has 1 N–H and O–H groups in total. The Morgan fingerprint density at radius 1 is 1.50 bits per heavy atom. The molecule has 82 valence electrons. The second-order valence-electron chi connectivity index (χ2n) is 3.19. The van der Waals surface area contributed by atoms with Crippen molar-refractivity contribution in [3.05, 3.63) is 29.5 Å². The molecule has 0 radical (unpaired) electrons. The minimum absolute atomic E-state index is 0.0260. The van der Waals surface area contributed by atoms with Crippen molar-refractivity contribution in [1.82, 2.24) is 9.78 Å². The number of hydrogen-bond donors (Lipinski definition) is 1. The second kappa shape index (κ2) is 3.87. The quantitative estimate of drug-likeness (QED) is 0.831. The van der Waals surface area contributed by atoms with Crippen molar-refractivity contribution >= 4 is 10.9 Å². The van der Waals surface area contributed by atoms with Crippen molar-refractivity contribution < 1.29 is 13.9 Å². The van der Waals surface area contributed by atoms with Crippen LogP contribution in [0.2, 0.25) is 0 Å². The van der Waals surface area contributed by atoms with Crippen LogP contribution in [0.3, 0.4) is 0 Å². The highest BCUT2D eigenvalue weighted by molar-refractivity contribution is 5.85. The molecule has 0 unspecified atom stereocenters. The molecule has 0 saturated heterocycles. The lowest BCUT2D eigenvalue weighted by Gasteiger charge is -2.02. The molecule has 6 heteroatoms. The van der Waals surface area contributed by atoms with Gasteiger partial charge in [0.1, 0.15) is 5.52 Å². The largest absolute Gasteiger partial charge is 0.394 e. The van der Waals surface area contributed by atoms with Gasteiger partial charge in [-0.05, 0) is 6.07 Å². The zero-order valence-electron chi connectivity index (χ0n) is 8.11. The Balaban J connectivity index is 2.81. The molecule has 1 heterocycles. The molecule has 0 saturated carbocycles. The molecular weight excluding hydrogens is 216 g/mol. The molecule has 0 fully saturated rings. The molecule has 0 aliphatic rings. The SMILES string of the molecule is N#Cc1cc(F)c(F)c2c1cnn2CCO. The van der Waals surface area contributed by atoms with E-state index in [4.69, 9.17) is 10.4 Å².